The predicted molar refractivity (Wildman–Crippen MR) is 65.6 cm³/mol. The van der Waals surface area contributed by atoms with Crippen LogP contribution in [0.2, 0.25) is 5.02 Å². The molecule has 0 saturated carbocycles. The van der Waals surface area contributed by atoms with Crippen LogP contribution in [0.25, 0.3) is 0 Å². The molecular weight excluding hydrogens is 266 g/mol. The zero-order chi connectivity index (χ0) is 13.0. The number of carboxylic acid groups (broad SMARTS) is 1. The number of halogens is 1. The lowest BCUT2D eigenvalue weighted by atomic mass is 10.2. The molecule has 0 amide bonds. The quantitative estimate of drug-likeness (QED) is 0.507. The molecule has 0 radical (unpaired) electrons. The van der Waals surface area contributed by atoms with Crippen LogP contribution in [-0.2, 0) is 4.79 Å². The van der Waals surface area contributed by atoms with E-state index in [0.29, 0.717) is 4.90 Å². The van der Waals surface area contributed by atoms with Crippen LogP contribution in [0.3, 0.4) is 0 Å². The summed E-state index contributed by atoms with van der Waals surface area (Å²) in [4.78, 5) is 21.2. The Balaban J connectivity index is 2.90. The molecule has 1 unspecified atom stereocenters. The van der Waals surface area contributed by atoms with E-state index in [1.165, 1.54) is 19.1 Å². The van der Waals surface area contributed by atoms with Crippen LogP contribution >= 0.6 is 23.4 Å². The number of aliphatic carboxylic acids is 1. The van der Waals surface area contributed by atoms with Crippen molar-refractivity contribution in [2.24, 2.45) is 5.92 Å². The fourth-order valence-electron chi connectivity index (χ4n) is 1.06. The third-order valence-corrected chi connectivity index (χ3v) is 3.85. The van der Waals surface area contributed by atoms with Crippen molar-refractivity contribution in [1.82, 2.24) is 0 Å². The van der Waals surface area contributed by atoms with Crippen LogP contribution < -0.4 is 0 Å². The molecule has 5 nitrogen and oxygen atoms in total. The minimum absolute atomic E-state index is 0.0971. The van der Waals surface area contributed by atoms with Crippen molar-refractivity contribution in [3.63, 3.8) is 0 Å². The Morgan fingerprint density at radius 1 is 1.65 bits per heavy atom. The van der Waals surface area contributed by atoms with Gasteiger partial charge in [-0.2, -0.15) is 0 Å². The van der Waals surface area contributed by atoms with Gasteiger partial charge in [-0.1, -0.05) is 24.6 Å². The second-order valence-electron chi connectivity index (χ2n) is 3.40. The van der Waals surface area contributed by atoms with E-state index in [2.05, 4.69) is 0 Å². The summed E-state index contributed by atoms with van der Waals surface area (Å²) in [6, 6.07) is 4.38. The highest BCUT2D eigenvalue weighted by molar-refractivity contribution is 7.99. The molecule has 0 bridgehead atoms. The molecule has 0 aliphatic rings. The summed E-state index contributed by atoms with van der Waals surface area (Å²) >= 11 is 6.95. The highest BCUT2D eigenvalue weighted by Crippen LogP contribution is 2.36. The summed E-state index contributed by atoms with van der Waals surface area (Å²) < 4.78 is 0. The van der Waals surface area contributed by atoms with Crippen molar-refractivity contribution in [2.75, 3.05) is 5.75 Å². The van der Waals surface area contributed by atoms with E-state index in [1.807, 2.05) is 0 Å². The SMILES string of the molecule is CC(CSc1c(Cl)cccc1[N+](=O)[O-])C(=O)O. The van der Waals surface area contributed by atoms with Gasteiger partial charge in [0.1, 0.15) is 4.90 Å². The van der Waals surface area contributed by atoms with Gasteiger partial charge >= 0.3 is 5.97 Å². The number of thioether (sulfide) groups is 1. The first kappa shape index (κ1) is 13.8. The molecule has 0 spiro atoms. The maximum absolute atomic E-state index is 10.8. The predicted octanol–water partition coefficient (Wildman–Crippen LogP) is 3.06. The van der Waals surface area contributed by atoms with Crippen molar-refractivity contribution in [1.29, 1.82) is 0 Å². The van der Waals surface area contributed by atoms with E-state index in [-0.39, 0.29) is 16.5 Å². The summed E-state index contributed by atoms with van der Waals surface area (Å²) in [6.45, 7) is 1.54. The van der Waals surface area contributed by atoms with Crippen molar-refractivity contribution >= 4 is 35.0 Å². The first-order valence-electron chi connectivity index (χ1n) is 4.72. The number of carbonyl (C=O) groups is 1. The molecule has 17 heavy (non-hydrogen) atoms. The van der Waals surface area contributed by atoms with E-state index in [1.54, 1.807) is 6.07 Å². The molecule has 0 aliphatic heterocycles. The highest BCUT2D eigenvalue weighted by atomic mass is 35.5. The van der Waals surface area contributed by atoms with Crippen LogP contribution in [0.5, 0.6) is 0 Å². The maximum atomic E-state index is 10.8. The highest BCUT2D eigenvalue weighted by Gasteiger charge is 2.19. The number of rotatable bonds is 5. The van der Waals surface area contributed by atoms with E-state index < -0.39 is 16.8 Å². The van der Waals surface area contributed by atoms with E-state index in [9.17, 15) is 14.9 Å². The number of hydrogen-bond acceptors (Lipinski definition) is 4. The van der Waals surface area contributed by atoms with Crippen LogP contribution in [-0.4, -0.2) is 21.8 Å². The van der Waals surface area contributed by atoms with Gasteiger partial charge in [-0.25, -0.2) is 0 Å². The summed E-state index contributed by atoms with van der Waals surface area (Å²) in [5.41, 5.74) is -0.0971. The lowest BCUT2D eigenvalue weighted by Gasteiger charge is -2.07. The average Bonchev–Trinajstić information content (AvgIpc) is 2.26. The Morgan fingerprint density at radius 3 is 2.82 bits per heavy atom. The number of nitro benzene ring substituents is 1. The van der Waals surface area contributed by atoms with Crippen molar-refractivity contribution in [3.8, 4) is 0 Å². The van der Waals surface area contributed by atoms with Gasteiger partial charge in [0.15, 0.2) is 0 Å². The van der Waals surface area contributed by atoms with E-state index >= 15 is 0 Å². The molecule has 0 heterocycles. The van der Waals surface area contributed by atoms with Gasteiger partial charge < -0.3 is 5.11 Å². The van der Waals surface area contributed by atoms with E-state index in [0.717, 1.165) is 11.8 Å². The Kier molecular flexibility index (Phi) is 4.77. The summed E-state index contributed by atoms with van der Waals surface area (Å²) in [5, 5.41) is 19.8. The Labute approximate surface area is 107 Å². The fourth-order valence-corrected chi connectivity index (χ4v) is 2.45. The first-order valence-corrected chi connectivity index (χ1v) is 6.08. The van der Waals surface area contributed by atoms with E-state index in [4.69, 9.17) is 16.7 Å². The maximum Gasteiger partial charge on any atom is 0.307 e. The molecule has 1 atom stereocenters. The van der Waals surface area contributed by atoms with Crippen LogP contribution in [0.15, 0.2) is 23.1 Å². The van der Waals surface area contributed by atoms with Gasteiger partial charge in [-0.15, -0.1) is 11.8 Å². The second kappa shape index (κ2) is 5.88. The Hall–Kier alpha value is -1.27. The Morgan fingerprint density at radius 2 is 2.29 bits per heavy atom. The monoisotopic (exact) mass is 275 g/mol. The molecule has 7 heteroatoms. The van der Waals surface area contributed by atoms with Gasteiger partial charge in [-0.3, -0.25) is 14.9 Å². The average molecular weight is 276 g/mol. The minimum Gasteiger partial charge on any atom is -0.481 e. The first-order chi connectivity index (χ1) is 7.93. The van der Waals surface area contributed by atoms with Gasteiger partial charge in [0.25, 0.3) is 5.69 Å². The number of hydrogen-bond donors (Lipinski definition) is 1. The zero-order valence-electron chi connectivity index (χ0n) is 8.92. The lowest BCUT2D eigenvalue weighted by Crippen LogP contribution is -2.11. The molecule has 0 aliphatic carbocycles. The smallest absolute Gasteiger partial charge is 0.307 e. The second-order valence-corrected chi connectivity index (χ2v) is 4.83. The Bertz CT molecular complexity index is 452. The number of nitro groups is 1. The summed E-state index contributed by atoms with van der Waals surface area (Å²) in [7, 11) is 0. The number of benzene rings is 1. The van der Waals surface area contributed by atoms with Crippen LogP contribution in [0.1, 0.15) is 6.92 Å². The number of nitrogens with zero attached hydrogens (tertiary/aromatic N) is 1. The van der Waals surface area contributed by atoms with Crippen LogP contribution in [0.4, 0.5) is 5.69 Å². The van der Waals surface area contributed by atoms with Crippen LogP contribution in [0, 0.1) is 16.0 Å². The minimum atomic E-state index is -0.938. The fraction of sp³-hybridized carbons (Fsp3) is 0.300. The topological polar surface area (TPSA) is 80.4 Å². The van der Waals surface area contributed by atoms with Crippen molar-refractivity contribution in [3.05, 3.63) is 33.3 Å². The molecule has 92 valence electrons. The van der Waals surface area contributed by atoms with Gasteiger partial charge in [0.05, 0.1) is 15.9 Å². The largest absolute Gasteiger partial charge is 0.481 e. The summed E-state index contributed by atoms with van der Waals surface area (Å²) in [5.74, 6) is -1.29. The third kappa shape index (κ3) is 3.61. The van der Waals surface area contributed by atoms with Gasteiger partial charge in [-0.05, 0) is 6.07 Å². The standard InChI is InChI=1S/C10H10ClNO4S/c1-6(10(13)14)5-17-9-7(11)3-2-4-8(9)12(15)16/h2-4,6H,5H2,1H3,(H,13,14). The van der Waals surface area contributed by atoms with Gasteiger partial charge in [0, 0.05) is 11.8 Å². The molecule has 1 N–H and O–H groups in total. The normalized spacial score (nSPS) is 12.1. The van der Waals surface area contributed by atoms with Crippen molar-refractivity contribution < 1.29 is 14.8 Å². The third-order valence-electron chi connectivity index (χ3n) is 2.04. The lowest BCUT2D eigenvalue weighted by molar-refractivity contribution is -0.387. The number of carboxylic acids is 1. The molecule has 0 fully saturated rings. The van der Waals surface area contributed by atoms with Gasteiger partial charge in [0.2, 0.25) is 0 Å². The molecule has 1 aromatic rings. The van der Waals surface area contributed by atoms with Crippen molar-refractivity contribution in [2.45, 2.75) is 11.8 Å². The molecule has 1 aromatic carbocycles. The molecule has 0 saturated heterocycles. The molecule has 0 aromatic heterocycles. The molecule has 1 rings (SSSR count). The zero-order valence-corrected chi connectivity index (χ0v) is 10.5. The molecular formula is C10H10ClNO4S. The summed E-state index contributed by atoms with van der Waals surface area (Å²) in [6.07, 6.45) is 0.